The largest absolute Gasteiger partial charge is 0.493 e. The van der Waals surface area contributed by atoms with Crippen molar-refractivity contribution in [2.75, 3.05) is 47.5 Å². The minimum Gasteiger partial charge on any atom is -0.493 e. The van der Waals surface area contributed by atoms with Gasteiger partial charge in [-0.05, 0) is 23.3 Å². The number of hydrogen-bond donors (Lipinski definition) is 1. The molecule has 0 spiro atoms. The summed E-state index contributed by atoms with van der Waals surface area (Å²) < 4.78 is 16.3. The molecule has 0 amide bonds. The van der Waals surface area contributed by atoms with E-state index in [4.69, 9.17) is 19.3 Å². The van der Waals surface area contributed by atoms with Crippen molar-refractivity contribution in [1.82, 2.24) is 5.01 Å². The molecule has 1 saturated heterocycles. The van der Waals surface area contributed by atoms with E-state index in [0.717, 1.165) is 31.7 Å². The highest BCUT2D eigenvalue weighted by Gasteiger charge is 2.37. The standard InChI is InChI=1S/C27H29N3O3/c1-31-24-16-19(17-25(32-2)27(24)33-3)18-28-30-14-12-29(13-15-30)26-22-10-6-4-8-20(22)21-9-5-7-11-23(21)26/h4-11,16-18,26H,12-15H2,1-3H3/p+1. The van der Waals surface area contributed by atoms with E-state index in [-0.39, 0.29) is 0 Å². The van der Waals surface area contributed by atoms with Gasteiger partial charge in [-0.1, -0.05) is 48.5 Å². The maximum Gasteiger partial charge on any atom is 0.203 e. The van der Waals surface area contributed by atoms with E-state index in [1.54, 1.807) is 26.2 Å². The van der Waals surface area contributed by atoms with Crippen LogP contribution < -0.4 is 19.1 Å². The fourth-order valence-electron chi connectivity index (χ4n) is 5.11. The van der Waals surface area contributed by atoms with Crippen molar-refractivity contribution in [3.8, 4) is 28.4 Å². The number of hydrazone groups is 1. The van der Waals surface area contributed by atoms with Gasteiger partial charge in [0.05, 0.1) is 53.7 Å². The molecule has 1 aliphatic carbocycles. The molecule has 170 valence electrons. The molecular formula is C27H30N3O3+. The van der Waals surface area contributed by atoms with Gasteiger partial charge >= 0.3 is 0 Å². The molecule has 3 aromatic carbocycles. The molecule has 0 unspecified atom stereocenters. The molecule has 5 rings (SSSR count). The van der Waals surface area contributed by atoms with Crippen LogP contribution in [0.15, 0.2) is 65.8 Å². The van der Waals surface area contributed by atoms with Crippen molar-refractivity contribution in [3.05, 3.63) is 77.4 Å². The predicted molar refractivity (Wildman–Crippen MR) is 130 cm³/mol. The Balaban J connectivity index is 1.30. The lowest BCUT2D eigenvalue weighted by Gasteiger charge is -2.34. The predicted octanol–water partition coefficient (Wildman–Crippen LogP) is 3.02. The molecule has 1 heterocycles. The number of piperazine rings is 1. The van der Waals surface area contributed by atoms with Crippen molar-refractivity contribution in [3.63, 3.8) is 0 Å². The Bertz CT molecular complexity index is 1100. The highest BCUT2D eigenvalue weighted by atomic mass is 16.5. The zero-order valence-electron chi connectivity index (χ0n) is 19.4. The van der Waals surface area contributed by atoms with E-state index >= 15 is 0 Å². The van der Waals surface area contributed by atoms with E-state index in [1.807, 2.05) is 18.3 Å². The van der Waals surface area contributed by atoms with Gasteiger partial charge in [0, 0.05) is 16.7 Å². The first-order valence-electron chi connectivity index (χ1n) is 11.3. The summed E-state index contributed by atoms with van der Waals surface area (Å²) in [5.41, 5.74) is 6.57. The van der Waals surface area contributed by atoms with Crippen LogP contribution in [0.4, 0.5) is 0 Å². The van der Waals surface area contributed by atoms with Gasteiger partial charge < -0.3 is 19.1 Å². The van der Waals surface area contributed by atoms with Crippen LogP contribution in [0.2, 0.25) is 0 Å². The second-order valence-electron chi connectivity index (χ2n) is 8.42. The van der Waals surface area contributed by atoms with Crippen LogP contribution in [0.25, 0.3) is 11.1 Å². The third kappa shape index (κ3) is 3.91. The zero-order chi connectivity index (χ0) is 22.8. The van der Waals surface area contributed by atoms with E-state index in [1.165, 1.54) is 22.3 Å². The third-order valence-corrected chi connectivity index (χ3v) is 6.68. The second-order valence-corrected chi connectivity index (χ2v) is 8.42. The quantitative estimate of drug-likeness (QED) is 0.594. The van der Waals surface area contributed by atoms with Crippen LogP contribution in [-0.2, 0) is 0 Å². The number of methoxy groups -OCH3 is 3. The highest BCUT2D eigenvalue weighted by molar-refractivity contribution is 5.82. The molecule has 1 N–H and O–H groups in total. The fraction of sp³-hybridized carbons (Fsp3) is 0.296. The number of nitrogens with one attached hydrogen (secondary N) is 1. The molecule has 0 bridgehead atoms. The van der Waals surface area contributed by atoms with E-state index in [9.17, 15) is 0 Å². The molecule has 33 heavy (non-hydrogen) atoms. The molecule has 0 saturated carbocycles. The summed E-state index contributed by atoms with van der Waals surface area (Å²) in [6, 6.07) is 21.9. The lowest BCUT2D eigenvalue weighted by Crippen LogP contribution is -3.14. The third-order valence-electron chi connectivity index (χ3n) is 6.68. The fourth-order valence-corrected chi connectivity index (χ4v) is 5.11. The Morgan fingerprint density at radius 1 is 0.818 bits per heavy atom. The van der Waals surface area contributed by atoms with Crippen LogP contribution in [0.5, 0.6) is 17.2 Å². The van der Waals surface area contributed by atoms with E-state index in [2.05, 4.69) is 53.5 Å². The maximum absolute atomic E-state index is 5.46. The Kier molecular flexibility index (Phi) is 5.92. The van der Waals surface area contributed by atoms with Gasteiger partial charge in [0.1, 0.15) is 6.04 Å². The number of benzene rings is 3. The molecule has 1 aliphatic heterocycles. The van der Waals surface area contributed by atoms with Gasteiger partial charge in [-0.3, -0.25) is 5.01 Å². The molecule has 6 nitrogen and oxygen atoms in total. The summed E-state index contributed by atoms with van der Waals surface area (Å²) >= 11 is 0. The topological polar surface area (TPSA) is 47.7 Å². The first kappa shape index (κ1) is 21.3. The number of ether oxygens (including phenoxy) is 3. The van der Waals surface area contributed by atoms with Gasteiger partial charge in [0.2, 0.25) is 5.75 Å². The van der Waals surface area contributed by atoms with Gasteiger partial charge in [0.15, 0.2) is 11.5 Å². The maximum atomic E-state index is 5.46. The Morgan fingerprint density at radius 3 is 1.88 bits per heavy atom. The Hall–Kier alpha value is -3.51. The monoisotopic (exact) mass is 444 g/mol. The smallest absolute Gasteiger partial charge is 0.203 e. The number of nitrogens with zero attached hydrogens (tertiary/aromatic N) is 2. The molecule has 6 heteroatoms. The van der Waals surface area contributed by atoms with Crippen molar-refractivity contribution in [1.29, 1.82) is 0 Å². The van der Waals surface area contributed by atoms with E-state index in [0.29, 0.717) is 23.3 Å². The molecule has 0 aromatic heterocycles. The number of fused-ring (bicyclic) bond motifs is 3. The highest BCUT2D eigenvalue weighted by Crippen LogP contribution is 2.41. The number of hydrogen-bond acceptors (Lipinski definition) is 5. The number of rotatable bonds is 6. The summed E-state index contributed by atoms with van der Waals surface area (Å²) in [5.74, 6) is 1.85. The Labute approximate surface area is 195 Å². The number of quaternary nitrogens is 1. The van der Waals surface area contributed by atoms with Gasteiger partial charge in [-0.25, -0.2) is 0 Å². The van der Waals surface area contributed by atoms with Crippen molar-refractivity contribution in [2.24, 2.45) is 5.10 Å². The molecule has 0 radical (unpaired) electrons. The molecule has 0 atom stereocenters. The second kappa shape index (κ2) is 9.16. The summed E-state index contributed by atoms with van der Waals surface area (Å²) in [7, 11) is 4.86. The van der Waals surface area contributed by atoms with Crippen molar-refractivity contribution in [2.45, 2.75) is 6.04 Å². The van der Waals surface area contributed by atoms with Crippen molar-refractivity contribution < 1.29 is 19.1 Å². The van der Waals surface area contributed by atoms with Crippen LogP contribution in [0.3, 0.4) is 0 Å². The van der Waals surface area contributed by atoms with Crippen LogP contribution in [-0.4, -0.2) is 58.7 Å². The Morgan fingerprint density at radius 2 is 1.36 bits per heavy atom. The molecular weight excluding hydrogens is 414 g/mol. The van der Waals surface area contributed by atoms with Crippen LogP contribution >= 0.6 is 0 Å². The summed E-state index contributed by atoms with van der Waals surface area (Å²) in [6.45, 7) is 3.91. The minimum absolute atomic E-state index is 0.402. The first-order chi connectivity index (χ1) is 16.2. The van der Waals surface area contributed by atoms with Gasteiger partial charge in [-0.2, -0.15) is 5.10 Å². The SMILES string of the molecule is COc1cc(C=NN2CC[NH+](C3c4ccccc4-c4ccccc43)CC2)cc(OC)c1OC. The average Bonchev–Trinajstić information content (AvgIpc) is 3.21. The van der Waals surface area contributed by atoms with Crippen LogP contribution in [0, 0.1) is 0 Å². The molecule has 1 fully saturated rings. The summed E-state index contributed by atoms with van der Waals surface area (Å²) in [5, 5.41) is 6.90. The van der Waals surface area contributed by atoms with E-state index < -0.39 is 0 Å². The summed E-state index contributed by atoms with van der Waals surface area (Å²) in [6.07, 6.45) is 1.87. The molecule has 3 aromatic rings. The van der Waals surface area contributed by atoms with Gasteiger partial charge in [-0.15, -0.1) is 0 Å². The molecule has 2 aliphatic rings. The van der Waals surface area contributed by atoms with Crippen LogP contribution in [0.1, 0.15) is 22.7 Å². The lowest BCUT2D eigenvalue weighted by molar-refractivity contribution is -0.929. The average molecular weight is 445 g/mol. The van der Waals surface area contributed by atoms with Gasteiger partial charge in [0.25, 0.3) is 0 Å². The lowest BCUT2D eigenvalue weighted by atomic mass is 10.0. The normalized spacial score (nSPS) is 16.0. The zero-order valence-corrected chi connectivity index (χ0v) is 19.4. The summed E-state index contributed by atoms with van der Waals surface area (Å²) in [4.78, 5) is 1.60. The first-order valence-corrected chi connectivity index (χ1v) is 11.3. The van der Waals surface area contributed by atoms with Crippen molar-refractivity contribution >= 4 is 6.21 Å². The minimum atomic E-state index is 0.402.